The fourth-order valence-electron chi connectivity index (χ4n) is 2.55. The molecular weight excluding hydrogens is 312 g/mol. The van der Waals surface area contributed by atoms with Crippen molar-refractivity contribution >= 4 is 22.6 Å². The van der Waals surface area contributed by atoms with E-state index < -0.39 is 0 Å². The Hall–Kier alpha value is -2.52. The Morgan fingerprint density at radius 1 is 1.22 bits per heavy atom. The molecule has 0 aliphatic carbocycles. The second-order valence-corrected chi connectivity index (χ2v) is 5.52. The summed E-state index contributed by atoms with van der Waals surface area (Å²) in [6, 6.07) is 12.6. The number of fused-ring (bicyclic) bond motifs is 1. The molecule has 1 heterocycles. The molecule has 3 aromatic rings. The highest BCUT2D eigenvalue weighted by Gasteiger charge is 2.18. The van der Waals surface area contributed by atoms with Gasteiger partial charge in [-0.1, -0.05) is 29.8 Å². The lowest BCUT2D eigenvalue weighted by Crippen LogP contribution is -2.08. The average molecular weight is 327 g/mol. The molecule has 0 fully saturated rings. The Labute approximate surface area is 138 Å². The number of benzene rings is 2. The summed E-state index contributed by atoms with van der Waals surface area (Å²) in [5.41, 5.74) is 2.01. The third-order valence-electron chi connectivity index (χ3n) is 3.63. The summed E-state index contributed by atoms with van der Waals surface area (Å²) in [7, 11) is 1.46. The van der Waals surface area contributed by atoms with Gasteiger partial charge < -0.3 is 9.15 Å². The van der Waals surface area contributed by atoms with E-state index in [-0.39, 0.29) is 11.2 Å². The monoisotopic (exact) mass is 326 g/mol. The third-order valence-corrected chi connectivity index (χ3v) is 3.88. The minimum absolute atomic E-state index is 0.190. The molecule has 0 unspecified atom stereocenters. The molecule has 3 rings (SSSR count). The van der Waals surface area contributed by atoms with Crippen molar-refractivity contribution in [1.29, 1.82) is 0 Å². The Balaban J connectivity index is 2.36. The maximum atomic E-state index is 12.7. The first kappa shape index (κ1) is 15.4. The van der Waals surface area contributed by atoms with Crippen molar-refractivity contribution in [3.05, 3.63) is 75.9 Å². The lowest BCUT2D eigenvalue weighted by atomic mass is 10.1. The van der Waals surface area contributed by atoms with Crippen LogP contribution in [-0.4, -0.2) is 7.11 Å². The van der Waals surface area contributed by atoms with E-state index in [1.165, 1.54) is 7.11 Å². The molecule has 4 heteroatoms. The molecule has 0 radical (unpaired) electrons. The van der Waals surface area contributed by atoms with Crippen molar-refractivity contribution in [2.75, 3.05) is 7.11 Å². The number of para-hydroxylation sites is 1. The molecule has 0 amide bonds. The number of rotatable bonds is 4. The molecule has 23 heavy (non-hydrogen) atoms. The highest BCUT2D eigenvalue weighted by Crippen LogP contribution is 2.32. The third kappa shape index (κ3) is 2.76. The van der Waals surface area contributed by atoms with Gasteiger partial charge in [-0.15, -0.1) is 6.58 Å². The Morgan fingerprint density at radius 3 is 2.61 bits per heavy atom. The smallest absolute Gasteiger partial charge is 0.235 e. The predicted octanol–water partition coefficient (Wildman–Crippen LogP) is 4.85. The summed E-state index contributed by atoms with van der Waals surface area (Å²) < 4.78 is 11.4. The van der Waals surface area contributed by atoms with Crippen LogP contribution in [0.15, 0.2) is 64.3 Å². The van der Waals surface area contributed by atoms with Crippen LogP contribution in [0.25, 0.3) is 22.3 Å². The Morgan fingerprint density at radius 2 is 1.96 bits per heavy atom. The van der Waals surface area contributed by atoms with Gasteiger partial charge in [0.1, 0.15) is 5.58 Å². The number of ether oxygens (including phenoxy) is 1. The normalized spacial score (nSPS) is 10.7. The topological polar surface area (TPSA) is 39.4 Å². The SMILES string of the molecule is C=CCc1cccc2c(=O)c(OC)c(-c3ccc(Cl)cc3)oc12. The molecule has 0 aliphatic rings. The van der Waals surface area contributed by atoms with Gasteiger partial charge in [0.25, 0.3) is 0 Å². The molecule has 1 aromatic heterocycles. The predicted molar refractivity (Wildman–Crippen MR) is 93.4 cm³/mol. The fraction of sp³-hybridized carbons (Fsp3) is 0.105. The van der Waals surface area contributed by atoms with Crippen LogP contribution in [-0.2, 0) is 6.42 Å². The Bertz CT molecular complexity index is 924. The fourth-order valence-corrected chi connectivity index (χ4v) is 2.68. The van der Waals surface area contributed by atoms with Crippen LogP contribution < -0.4 is 10.2 Å². The first-order valence-electron chi connectivity index (χ1n) is 7.15. The number of allylic oxidation sites excluding steroid dienone is 1. The molecule has 0 saturated carbocycles. The molecule has 116 valence electrons. The van der Waals surface area contributed by atoms with Gasteiger partial charge >= 0.3 is 0 Å². The van der Waals surface area contributed by atoms with Crippen molar-refractivity contribution in [3.63, 3.8) is 0 Å². The van der Waals surface area contributed by atoms with Crippen LogP contribution in [0.5, 0.6) is 5.75 Å². The number of hydrogen-bond donors (Lipinski definition) is 0. The van der Waals surface area contributed by atoms with Crippen LogP contribution in [0.2, 0.25) is 5.02 Å². The zero-order valence-corrected chi connectivity index (χ0v) is 13.4. The number of hydrogen-bond acceptors (Lipinski definition) is 3. The van der Waals surface area contributed by atoms with Crippen molar-refractivity contribution < 1.29 is 9.15 Å². The first-order valence-corrected chi connectivity index (χ1v) is 7.53. The van der Waals surface area contributed by atoms with E-state index in [9.17, 15) is 4.79 Å². The average Bonchev–Trinajstić information content (AvgIpc) is 2.56. The van der Waals surface area contributed by atoms with Gasteiger partial charge in [-0.25, -0.2) is 0 Å². The van der Waals surface area contributed by atoms with Gasteiger partial charge in [-0.3, -0.25) is 4.79 Å². The molecule has 0 saturated heterocycles. The van der Waals surface area contributed by atoms with Crippen molar-refractivity contribution in [2.24, 2.45) is 0 Å². The molecule has 0 bridgehead atoms. The van der Waals surface area contributed by atoms with Gasteiger partial charge in [0, 0.05) is 10.6 Å². The summed E-state index contributed by atoms with van der Waals surface area (Å²) in [5.74, 6) is 0.591. The summed E-state index contributed by atoms with van der Waals surface area (Å²) in [5, 5.41) is 1.11. The van der Waals surface area contributed by atoms with Crippen molar-refractivity contribution in [3.8, 4) is 17.1 Å². The molecular formula is C19H15ClO3. The van der Waals surface area contributed by atoms with E-state index in [4.69, 9.17) is 20.8 Å². The van der Waals surface area contributed by atoms with Gasteiger partial charge in [0.2, 0.25) is 11.2 Å². The number of methoxy groups -OCH3 is 1. The van der Waals surface area contributed by atoms with Crippen LogP contribution in [0.1, 0.15) is 5.56 Å². The van der Waals surface area contributed by atoms with Crippen molar-refractivity contribution in [2.45, 2.75) is 6.42 Å². The second kappa shape index (κ2) is 6.31. The van der Waals surface area contributed by atoms with E-state index in [1.807, 2.05) is 12.1 Å². The maximum absolute atomic E-state index is 12.7. The highest BCUT2D eigenvalue weighted by atomic mass is 35.5. The molecule has 3 nitrogen and oxygen atoms in total. The maximum Gasteiger partial charge on any atom is 0.235 e. The van der Waals surface area contributed by atoms with Crippen LogP contribution in [0.4, 0.5) is 0 Å². The zero-order chi connectivity index (χ0) is 16.4. The van der Waals surface area contributed by atoms with E-state index in [0.717, 1.165) is 11.1 Å². The Kier molecular flexibility index (Phi) is 4.22. The largest absolute Gasteiger partial charge is 0.490 e. The van der Waals surface area contributed by atoms with Gasteiger partial charge in [-0.05, 0) is 42.3 Å². The molecule has 2 aromatic carbocycles. The lowest BCUT2D eigenvalue weighted by Gasteiger charge is -2.11. The molecule has 0 N–H and O–H groups in total. The van der Waals surface area contributed by atoms with Crippen LogP contribution in [0, 0.1) is 0 Å². The van der Waals surface area contributed by atoms with Crippen molar-refractivity contribution in [1.82, 2.24) is 0 Å². The van der Waals surface area contributed by atoms with Gasteiger partial charge in [-0.2, -0.15) is 0 Å². The van der Waals surface area contributed by atoms with E-state index in [0.29, 0.717) is 28.2 Å². The summed E-state index contributed by atoms with van der Waals surface area (Å²) in [4.78, 5) is 12.7. The molecule has 0 spiro atoms. The highest BCUT2D eigenvalue weighted by molar-refractivity contribution is 6.30. The summed E-state index contributed by atoms with van der Waals surface area (Å²) in [6.45, 7) is 3.75. The van der Waals surface area contributed by atoms with Crippen LogP contribution in [0.3, 0.4) is 0 Å². The second-order valence-electron chi connectivity index (χ2n) is 5.09. The quantitative estimate of drug-likeness (QED) is 0.643. The number of halogens is 1. The summed E-state index contributed by atoms with van der Waals surface area (Å²) >= 11 is 5.93. The van der Waals surface area contributed by atoms with E-state index in [2.05, 4.69) is 6.58 Å². The van der Waals surface area contributed by atoms with Crippen LogP contribution >= 0.6 is 11.6 Å². The summed E-state index contributed by atoms with van der Waals surface area (Å²) in [6.07, 6.45) is 2.40. The first-order chi connectivity index (χ1) is 11.2. The lowest BCUT2D eigenvalue weighted by molar-refractivity contribution is 0.398. The van der Waals surface area contributed by atoms with E-state index in [1.54, 1.807) is 36.4 Å². The minimum Gasteiger partial charge on any atom is -0.490 e. The molecule has 0 atom stereocenters. The van der Waals surface area contributed by atoms with Gasteiger partial charge in [0.05, 0.1) is 12.5 Å². The minimum atomic E-state index is -0.190. The van der Waals surface area contributed by atoms with E-state index >= 15 is 0 Å². The standard InChI is InChI=1S/C19H15ClO3/c1-3-5-12-6-4-7-15-16(21)19(22-2)18(23-17(12)15)13-8-10-14(20)11-9-13/h3-4,6-11H,1,5H2,2H3. The zero-order valence-electron chi connectivity index (χ0n) is 12.6. The van der Waals surface area contributed by atoms with Gasteiger partial charge in [0.15, 0.2) is 5.76 Å². The molecule has 0 aliphatic heterocycles.